The summed E-state index contributed by atoms with van der Waals surface area (Å²) >= 11 is 0. The Hall–Kier alpha value is -3.15. The molecule has 1 aliphatic rings. The molecule has 0 saturated carbocycles. The summed E-state index contributed by atoms with van der Waals surface area (Å²) in [5, 5.41) is 0. The molecule has 0 aliphatic carbocycles. The van der Waals surface area contributed by atoms with Crippen LogP contribution < -0.4 is 5.56 Å². The maximum atomic E-state index is 12.8. The van der Waals surface area contributed by atoms with Crippen LogP contribution in [0.4, 0.5) is 0 Å². The lowest BCUT2D eigenvalue weighted by Crippen LogP contribution is -2.36. The van der Waals surface area contributed by atoms with Gasteiger partial charge in [0.1, 0.15) is 5.82 Å². The molecule has 6 heteroatoms. The van der Waals surface area contributed by atoms with Crippen molar-refractivity contribution in [3.63, 3.8) is 0 Å². The zero-order valence-corrected chi connectivity index (χ0v) is 13.0. The van der Waals surface area contributed by atoms with Gasteiger partial charge in [-0.2, -0.15) is 0 Å². The second kappa shape index (κ2) is 5.81. The fourth-order valence-electron chi connectivity index (χ4n) is 3.04. The van der Waals surface area contributed by atoms with Gasteiger partial charge in [0.2, 0.25) is 5.56 Å². The molecule has 0 saturated heterocycles. The van der Waals surface area contributed by atoms with E-state index in [1.807, 2.05) is 29.2 Å². The second-order valence-corrected chi connectivity index (χ2v) is 5.84. The molecule has 0 fully saturated rings. The minimum atomic E-state index is -0.0975. The quantitative estimate of drug-likeness (QED) is 0.757. The molecule has 1 aliphatic heterocycles. The lowest BCUT2D eigenvalue weighted by Gasteiger charge is -2.28. The van der Waals surface area contributed by atoms with E-state index in [0.29, 0.717) is 25.1 Å². The van der Waals surface area contributed by atoms with Crippen molar-refractivity contribution in [2.24, 2.45) is 0 Å². The number of nitrogens with one attached hydrogen (secondary N) is 2. The molecule has 3 aromatic rings. The van der Waals surface area contributed by atoms with Gasteiger partial charge in [0, 0.05) is 48.9 Å². The SMILES string of the molecule is O=C(c1cccc(-c2ncc[nH]2)c1)N1CCc2cc(=O)[nH]cc2C1. The molecule has 3 heterocycles. The zero-order valence-electron chi connectivity index (χ0n) is 13.0. The van der Waals surface area contributed by atoms with E-state index < -0.39 is 0 Å². The van der Waals surface area contributed by atoms with Gasteiger partial charge in [0.25, 0.3) is 5.91 Å². The highest BCUT2D eigenvalue weighted by molar-refractivity contribution is 5.95. The first-order valence-electron chi connectivity index (χ1n) is 7.80. The number of carbonyl (C=O) groups excluding carboxylic acids is 1. The number of rotatable bonds is 2. The van der Waals surface area contributed by atoms with E-state index in [9.17, 15) is 9.59 Å². The monoisotopic (exact) mass is 320 g/mol. The number of nitrogens with zero attached hydrogens (tertiary/aromatic N) is 2. The Morgan fingerprint density at radius 3 is 2.92 bits per heavy atom. The molecule has 24 heavy (non-hydrogen) atoms. The predicted molar refractivity (Wildman–Crippen MR) is 89.5 cm³/mol. The minimum absolute atomic E-state index is 0.0137. The third-order valence-electron chi connectivity index (χ3n) is 4.29. The average molecular weight is 320 g/mol. The van der Waals surface area contributed by atoms with Crippen LogP contribution in [-0.2, 0) is 13.0 Å². The zero-order chi connectivity index (χ0) is 16.5. The summed E-state index contributed by atoms with van der Waals surface area (Å²) in [5.41, 5.74) is 3.44. The van der Waals surface area contributed by atoms with Crippen LogP contribution >= 0.6 is 0 Å². The summed E-state index contributed by atoms with van der Waals surface area (Å²) in [6, 6.07) is 9.07. The van der Waals surface area contributed by atoms with Crippen molar-refractivity contribution in [2.45, 2.75) is 13.0 Å². The van der Waals surface area contributed by atoms with Crippen LogP contribution in [0.1, 0.15) is 21.5 Å². The van der Waals surface area contributed by atoms with Crippen LogP contribution in [0.3, 0.4) is 0 Å². The molecule has 0 bridgehead atoms. The van der Waals surface area contributed by atoms with Gasteiger partial charge in [-0.15, -0.1) is 0 Å². The predicted octanol–water partition coefficient (Wildman–Crippen LogP) is 1.96. The van der Waals surface area contributed by atoms with Crippen molar-refractivity contribution in [1.29, 1.82) is 0 Å². The molecule has 0 radical (unpaired) electrons. The van der Waals surface area contributed by atoms with E-state index in [-0.39, 0.29) is 11.5 Å². The fraction of sp³-hybridized carbons (Fsp3) is 0.167. The Balaban J connectivity index is 1.60. The first-order chi connectivity index (χ1) is 11.7. The first-order valence-corrected chi connectivity index (χ1v) is 7.80. The van der Waals surface area contributed by atoms with E-state index >= 15 is 0 Å². The number of aromatic nitrogens is 3. The number of carbonyl (C=O) groups is 1. The summed E-state index contributed by atoms with van der Waals surface area (Å²) in [4.78, 5) is 36.0. The largest absolute Gasteiger partial charge is 0.345 e. The van der Waals surface area contributed by atoms with Gasteiger partial charge in [-0.05, 0) is 29.7 Å². The molecule has 6 nitrogen and oxygen atoms in total. The van der Waals surface area contributed by atoms with E-state index in [4.69, 9.17) is 0 Å². The molecular formula is C18H16N4O2. The van der Waals surface area contributed by atoms with Crippen molar-refractivity contribution in [3.05, 3.63) is 76.0 Å². The number of hydrogen-bond donors (Lipinski definition) is 2. The van der Waals surface area contributed by atoms with E-state index in [0.717, 1.165) is 22.5 Å². The third kappa shape index (κ3) is 2.62. The average Bonchev–Trinajstić information content (AvgIpc) is 3.15. The Kier molecular flexibility index (Phi) is 3.49. The maximum absolute atomic E-state index is 12.8. The Labute approximate surface area is 138 Å². The summed E-state index contributed by atoms with van der Waals surface area (Å²) in [5.74, 6) is 0.728. The van der Waals surface area contributed by atoms with Gasteiger partial charge >= 0.3 is 0 Å². The molecule has 0 unspecified atom stereocenters. The Bertz CT molecular complexity index is 944. The molecule has 2 N–H and O–H groups in total. The standard InChI is InChI=1S/C18H16N4O2/c23-16-9-12-4-7-22(11-15(12)10-21-16)18(24)14-3-1-2-13(8-14)17-19-5-6-20-17/h1-3,5-6,8-10H,4,7,11H2,(H,19,20)(H,21,23). The highest BCUT2D eigenvalue weighted by atomic mass is 16.2. The van der Waals surface area contributed by atoms with Gasteiger partial charge in [-0.25, -0.2) is 4.98 Å². The van der Waals surface area contributed by atoms with Crippen molar-refractivity contribution in [3.8, 4) is 11.4 Å². The molecular weight excluding hydrogens is 304 g/mol. The van der Waals surface area contributed by atoms with E-state index in [2.05, 4.69) is 15.0 Å². The van der Waals surface area contributed by atoms with E-state index in [1.54, 1.807) is 24.7 Å². The minimum Gasteiger partial charge on any atom is -0.345 e. The molecule has 2 aromatic heterocycles. The third-order valence-corrected chi connectivity index (χ3v) is 4.29. The highest BCUT2D eigenvalue weighted by Gasteiger charge is 2.22. The van der Waals surface area contributed by atoms with Gasteiger partial charge in [-0.1, -0.05) is 12.1 Å². The number of fused-ring (bicyclic) bond motifs is 1. The number of pyridine rings is 1. The number of H-pyrrole nitrogens is 2. The summed E-state index contributed by atoms with van der Waals surface area (Å²) in [6.07, 6.45) is 5.84. The molecule has 4 rings (SSSR count). The molecule has 120 valence electrons. The summed E-state index contributed by atoms with van der Waals surface area (Å²) < 4.78 is 0. The van der Waals surface area contributed by atoms with Crippen molar-refractivity contribution >= 4 is 5.91 Å². The van der Waals surface area contributed by atoms with Gasteiger partial charge in [0.15, 0.2) is 0 Å². The molecule has 0 atom stereocenters. The fourth-order valence-corrected chi connectivity index (χ4v) is 3.04. The van der Waals surface area contributed by atoms with Crippen LogP contribution in [0.25, 0.3) is 11.4 Å². The summed E-state index contributed by atoms with van der Waals surface area (Å²) in [7, 11) is 0. The van der Waals surface area contributed by atoms with Crippen molar-refractivity contribution in [1.82, 2.24) is 19.9 Å². The van der Waals surface area contributed by atoms with Crippen LogP contribution in [0.5, 0.6) is 0 Å². The smallest absolute Gasteiger partial charge is 0.254 e. The number of benzene rings is 1. The number of imidazole rings is 1. The Morgan fingerprint density at radius 2 is 2.08 bits per heavy atom. The van der Waals surface area contributed by atoms with E-state index in [1.165, 1.54) is 0 Å². The summed E-state index contributed by atoms with van der Waals surface area (Å²) in [6.45, 7) is 1.12. The van der Waals surface area contributed by atoms with Crippen molar-refractivity contribution < 1.29 is 4.79 Å². The topological polar surface area (TPSA) is 81.8 Å². The van der Waals surface area contributed by atoms with Gasteiger partial charge in [0.05, 0.1) is 0 Å². The lowest BCUT2D eigenvalue weighted by molar-refractivity contribution is 0.0734. The Morgan fingerprint density at radius 1 is 1.17 bits per heavy atom. The number of amides is 1. The van der Waals surface area contributed by atoms with Gasteiger partial charge < -0.3 is 14.9 Å². The lowest BCUT2D eigenvalue weighted by atomic mass is 10.0. The van der Waals surface area contributed by atoms with Crippen LogP contribution in [0.2, 0.25) is 0 Å². The van der Waals surface area contributed by atoms with Crippen LogP contribution in [-0.4, -0.2) is 32.3 Å². The van der Waals surface area contributed by atoms with Gasteiger partial charge in [-0.3, -0.25) is 9.59 Å². The molecule has 0 spiro atoms. The normalized spacial score (nSPS) is 13.6. The highest BCUT2D eigenvalue weighted by Crippen LogP contribution is 2.21. The molecule has 1 amide bonds. The second-order valence-electron chi connectivity index (χ2n) is 5.84. The first kappa shape index (κ1) is 14.4. The van der Waals surface area contributed by atoms with Crippen LogP contribution in [0.15, 0.2) is 53.7 Å². The van der Waals surface area contributed by atoms with Crippen LogP contribution in [0, 0.1) is 0 Å². The number of hydrogen-bond acceptors (Lipinski definition) is 3. The molecule has 1 aromatic carbocycles. The number of aromatic amines is 2. The van der Waals surface area contributed by atoms with Crippen molar-refractivity contribution in [2.75, 3.05) is 6.54 Å². The maximum Gasteiger partial charge on any atom is 0.254 e.